The van der Waals surface area contributed by atoms with Crippen molar-refractivity contribution >= 4 is 11.8 Å². The number of carbonyl (C=O) groups is 2. The van der Waals surface area contributed by atoms with Crippen LogP contribution in [0, 0.1) is 5.41 Å². The second kappa shape index (κ2) is 4.19. The summed E-state index contributed by atoms with van der Waals surface area (Å²) in [6.07, 6.45) is 4.29. The van der Waals surface area contributed by atoms with Gasteiger partial charge in [0, 0.05) is 6.04 Å². The normalized spacial score (nSPS) is 25.6. The maximum Gasteiger partial charge on any atom is 0.261 e. The number of benzene rings is 1. The van der Waals surface area contributed by atoms with Gasteiger partial charge in [-0.2, -0.15) is 0 Å². The number of nitrogens with zero attached hydrogens (tertiary/aromatic N) is 1. The number of hydrogen-bond acceptors (Lipinski definition) is 2. The Labute approximate surface area is 113 Å². The third-order valence-electron chi connectivity index (χ3n) is 4.59. The first-order chi connectivity index (χ1) is 9.02. The van der Waals surface area contributed by atoms with Crippen molar-refractivity contribution in [2.24, 2.45) is 5.41 Å². The Hall–Kier alpha value is -1.64. The number of hydrogen-bond donors (Lipinski definition) is 0. The van der Waals surface area contributed by atoms with Crippen LogP contribution in [0.4, 0.5) is 0 Å². The third-order valence-corrected chi connectivity index (χ3v) is 4.59. The molecule has 1 aromatic carbocycles. The van der Waals surface area contributed by atoms with Crippen molar-refractivity contribution in [1.82, 2.24) is 4.90 Å². The fourth-order valence-electron chi connectivity index (χ4n) is 3.45. The molecule has 100 valence electrons. The van der Waals surface area contributed by atoms with Crippen LogP contribution in [0.15, 0.2) is 24.3 Å². The van der Waals surface area contributed by atoms with Gasteiger partial charge in [0.2, 0.25) is 0 Å². The second-order valence-corrected chi connectivity index (χ2v) is 6.28. The molecule has 19 heavy (non-hydrogen) atoms. The fraction of sp³-hybridized carbons (Fsp3) is 0.500. The summed E-state index contributed by atoms with van der Waals surface area (Å²) in [4.78, 5) is 26.5. The maximum atomic E-state index is 12.5. The molecule has 0 spiro atoms. The van der Waals surface area contributed by atoms with Crippen LogP contribution in [0.25, 0.3) is 0 Å². The molecule has 1 atom stereocenters. The molecule has 1 saturated carbocycles. The van der Waals surface area contributed by atoms with Crippen LogP contribution in [0.1, 0.15) is 60.2 Å². The summed E-state index contributed by atoms with van der Waals surface area (Å²) >= 11 is 0. The molecule has 0 saturated heterocycles. The van der Waals surface area contributed by atoms with Crippen LogP contribution in [0.2, 0.25) is 0 Å². The summed E-state index contributed by atoms with van der Waals surface area (Å²) in [7, 11) is 0. The van der Waals surface area contributed by atoms with Gasteiger partial charge < -0.3 is 0 Å². The van der Waals surface area contributed by atoms with Crippen molar-refractivity contribution in [3.8, 4) is 0 Å². The van der Waals surface area contributed by atoms with Gasteiger partial charge >= 0.3 is 0 Å². The second-order valence-electron chi connectivity index (χ2n) is 6.28. The van der Waals surface area contributed by atoms with E-state index in [0.29, 0.717) is 11.1 Å². The molecule has 1 aliphatic carbocycles. The van der Waals surface area contributed by atoms with Crippen molar-refractivity contribution in [1.29, 1.82) is 0 Å². The van der Waals surface area contributed by atoms with Crippen LogP contribution >= 0.6 is 0 Å². The van der Waals surface area contributed by atoms with Gasteiger partial charge in [-0.1, -0.05) is 38.8 Å². The first kappa shape index (κ1) is 12.4. The number of carbonyl (C=O) groups excluding carboxylic acids is 2. The molecule has 3 nitrogen and oxygen atoms in total. The van der Waals surface area contributed by atoms with E-state index in [9.17, 15) is 9.59 Å². The molecular formula is C16H19NO2. The molecule has 0 aromatic heterocycles. The molecule has 1 unspecified atom stereocenters. The predicted octanol–water partition coefficient (Wildman–Crippen LogP) is 3.25. The van der Waals surface area contributed by atoms with E-state index < -0.39 is 0 Å². The third kappa shape index (κ3) is 1.79. The molecule has 0 bridgehead atoms. The van der Waals surface area contributed by atoms with Gasteiger partial charge in [0.15, 0.2) is 0 Å². The van der Waals surface area contributed by atoms with Crippen LogP contribution < -0.4 is 0 Å². The van der Waals surface area contributed by atoms with Gasteiger partial charge in [-0.3, -0.25) is 14.5 Å². The van der Waals surface area contributed by atoms with Crippen molar-refractivity contribution in [2.45, 2.75) is 45.6 Å². The molecule has 2 amide bonds. The van der Waals surface area contributed by atoms with E-state index in [1.807, 2.05) is 12.1 Å². The van der Waals surface area contributed by atoms with Gasteiger partial charge in [-0.25, -0.2) is 0 Å². The van der Waals surface area contributed by atoms with Crippen molar-refractivity contribution in [3.63, 3.8) is 0 Å². The lowest BCUT2D eigenvalue weighted by atomic mass is 9.72. The lowest BCUT2D eigenvalue weighted by Gasteiger charge is -2.42. The topological polar surface area (TPSA) is 37.4 Å². The summed E-state index contributed by atoms with van der Waals surface area (Å²) in [5.41, 5.74) is 1.15. The van der Waals surface area contributed by atoms with Gasteiger partial charge in [0.1, 0.15) is 0 Å². The number of rotatable bonds is 1. The van der Waals surface area contributed by atoms with Crippen molar-refractivity contribution in [2.75, 3.05) is 0 Å². The molecular weight excluding hydrogens is 238 g/mol. The SMILES string of the molecule is CC1(C)CCCCC1N1C(=O)c2ccccc2C1=O. The average Bonchev–Trinajstić information content (AvgIpc) is 2.63. The molecule has 1 fully saturated rings. The zero-order chi connectivity index (χ0) is 13.6. The summed E-state index contributed by atoms with van der Waals surface area (Å²) in [5.74, 6) is -0.221. The van der Waals surface area contributed by atoms with E-state index in [1.54, 1.807) is 12.1 Å². The Morgan fingerprint density at radius 2 is 1.63 bits per heavy atom. The molecule has 3 rings (SSSR count). The first-order valence-corrected chi connectivity index (χ1v) is 6.99. The van der Waals surface area contributed by atoms with Crippen LogP contribution in [0.5, 0.6) is 0 Å². The Morgan fingerprint density at radius 3 is 2.16 bits per heavy atom. The van der Waals surface area contributed by atoms with Crippen molar-refractivity contribution in [3.05, 3.63) is 35.4 Å². The standard InChI is InChI=1S/C16H19NO2/c1-16(2)10-6-5-9-13(16)17-14(18)11-7-3-4-8-12(11)15(17)19/h3-4,7-8,13H,5-6,9-10H2,1-2H3. The predicted molar refractivity (Wildman–Crippen MR) is 73.0 cm³/mol. The van der Waals surface area contributed by atoms with E-state index in [2.05, 4.69) is 13.8 Å². The van der Waals surface area contributed by atoms with Crippen LogP contribution in [0.3, 0.4) is 0 Å². The first-order valence-electron chi connectivity index (χ1n) is 6.99. The Kier molecular flexibility index (Phi) is 2.73. The van der Waals surface area contributed by atoms with Crippen LogP contribution in [-0.4, -0.2) is 22.8 Å². The molecule has 0 radical (unpaired) electrons. The Bertz CT molecular complexity index is 512. The Balaban J connectivity index is 2.00. The van der Waals surface area contributed by atoms with Gasteiger partial charge in [0.05, 0.1) is 11.1 Å². The largest absolute Gasteiger partial charge is 0.271 e. The quantitative estimate of drug-likeness (QED) is 0.724. The fourth-order valence-corrected chi connectivity index (χ4v) is 3.45. The monoisotopic (exact) mass is 257 g/mol. The van der Waals surface area contributed by atoms with E-state index >= 15 is 0 Å². The van der Waals surface area contributed by atoms with E-state index in [1.165, 1.54) is 11.3 Å². The van der Waals surface area contributed by atoms with Crippen LogP contribution in [-0.2, 0) is 0 Å². The average molecular weight is 257 g/mol. The molecule has 0 N–H and O–H groups in total. The highest BCUT2D eigenvalue weighted by Crippen LogP contribution is 2.41. The molecule has 2 aliphatic rings. The van der Waals surface area contributed by atoms with E-state index in [-0.39, 0.29) is 23.3 Å². The highest BCUT2D eigenvalue weighted by atomic mass is 16.2. The minimum absolute atomic E-state index is 0.0195. The van der Waals surface area contributed by atoms with Gasteiger partial charge in [0.25, 0.3) is 11.8 Å². The highest BCUT2D eigenvalue weighted by Gasteiger charge is 2.46. The summed E-state index contributed by atoms with van der Waals surface area (Å²) < 4.78 is 0. The van der Waals surface area contributed by atoms with E-state index in [0.717, 1.165) is 19.3 Å². The number of fused-ring (bicyclic) bond motifs is 1. The zero-order valence-corrected chi connectivity index (χ0v) is 11.5. The van der Waals surface area contributed by atoms with Gasteiger partial charge in [-0.05, 0) is 30.4 Å². The molecule has 1 aromatic rings. The maximum absolute atomic E-state index is 12.5. The molecule has 1 heterocycles. The lowest BCUT2D eigenvalue weighted by Crippen LogP contribution is -2.49. The Morgan fingerprint density at radius 1 is 1.05 bits per heavy atom. The lowest BCUT2D eigenvalue weighted by molar-refractivity contribution is 0.0330. The van der Waals surface area contributed by atoms with Gasteiger partial charge in [-0.15, -0.1) is 0 Å². The summed E-state index contributed by atoms with van der Waals surface area (Å²) in [6.45, 7) is 4.33. The highest BCUT2D eigenvalue weighted by molar-refractivity contribution is 6.21. The molecule has 1 aliphatic heterocycles. The summed E-state index contributed by atoms with van der Waals surface area (Å²) in [6, 6.07) is 7.18. The van der Waals surface area contributed by atoms with E-state index in [4.69, 9.17) is 0 Å². The van der Waals surface area contributed by atoms with Crippen molar-refractivity contribution < 1.29 is 9.59 Å². The smallest absolute Gasteiger partial charge is 0.261 e. The minimum Gasteiger partial charge on any atom is -0.271 e. The minimum atomic E-state index is -0.111. The zero-order valence-electron chi connectivity index (χ0n) is 11.5. The summed E-state index contributed by atoms with van der Waals surface area (Å²) in [5, 5.41) is 0. The molecule has 3 heteroatoms. The number of amides is 2. The number of imide groups is 1.